The Bertz CT molecular complexity index is 1060. The van der Waals surface area contributed by atoms with Crippen molar-refractivity contribution in [2.75, 3.05) is 11.9 Å². The Balaban J connectivity index is 1.65. The van der Waals surface area contributed by atoms with Crippen molar-refractivity contribution in [3.05, 3.63) is 95.1 Å². The van der Waals surface area contributed by atoms with Crippen LogP contribution in [0.1, 0.15) is 33.2 Å². The molecule has 1 aliphatic heterocycles. The molecule has 0 fully saturated rings. The number of ether oxygens (including phenoxy) is 1. The molecule has 1 heterocycles. The number of nitrogens with zero attached hydrogens (tertiary/aromatic N) is 1. The fraction of sp³-hybridized carbons (Fsp3) is 0.167. The monoisotopic (exact) mass is 402 g/mol. The van der Waals surface area contributed by atoms with Crippen molar-refractivity contribution in [2.24, 2.45) is 0 Å². The molecule has 6 nitrogen and oxygen atoms in total. The average molecular weight is 402 g/mol. The molecule has 3 aromatic rings. The minimum Gasteiger partial charge on any atom is -0.482 e. The normalized spacial score (nSPS) is 15.3. The zero-order chi connectivity index (χ0) is 21.1. The van der Waals surface area contributed by atoms with Gasteiger partial charge in [-0.2, -0.15) is 0 Å². The molecule has 1 aliphatic rings. The highest BCUT2D eigenvalue weighted by atomic mass is 16.5. The summed E-state index contributed by atoms with van der Waals surface area (Å²) in [4.78, 5) is 25.8. The highest BCUT2D eigenvalue weighted by molar-refractivity contribution is 6.01. The molecule has 2 N–H and O–H groups in total. The third-order valence-electron chi connectivity index (χ3n) is 5.05. The van der Waals surface area contributed by atoms with Crippen LogP contribution in [-0.4, -0.2) is 28.5 Å². The molecule has 0 saturated carbocycles. The molecule has 0 aliphatic carbocycles. The van der Waals surface area contributed by atoms with Crippen LogP contribution in [0, 0.1) is 6.92 Å². The first-order valence-corrected chi connectivity index (χ1v) is 9.68. The van der Waals surface area contributed by atoms with Crippen LogP contribution in [0.5, 0.6) is 5.75 Å². The Morgan fingerprint density at radius 2 is 1.73 bits per heavy atom. The molecular formula is C24H22N2O4. The van der Waals surface area contributed by atoms with Crippen molar-refractivity contribution in [3.8, 4) is 5.75 Å². The third kappa shape index (κ3) is 4.12. The van der Waals surface area contributed by atoms with Crippen LogP contribution in [0.25, 0.3) is 0 Å². The van der Waals surface area contributed by atoms with Gasteiger partial charge in [-0.25, -0.2) is 4.79 Å². The summed E-state index contributed by atoms with van der Waals surface area (Å²) in [5.74, 6) is -0.602. The van der Waals surface area contributed by atoms with Crippen molar-refractivity contribution >= 4 is 17.6 Å². The lowest BCUT2D eigenvalue weighted by atomic mass is 10.0. The number of aryl methyl sites for hydroxylation is 1. The molecular weight excluding hydrogens is 380 g/mol. The standard InChI is InChI=1S/C24H22N2O4/c1-16-6-8-17(9-7-16)14-26-23(25-21-5-3-2-4-20(21)24(26)29)18-10-12-19(13-11-18)30-15-22(27)28/h2-13,23,25H,14-15H2,1H3,(H,27,28)/t23-/m0/s1. The lowest BCUT2D eigenvalue weighted by molar-refractivity contribution is -0.139. The van der Waals surface area contributed by atoms with E-state index in [0.29, 0.717) is 17.9 Å². The van der Waals surface area contributed by atoms with Gasteiger partial charge >= 0.3 is 5.97 Å². The first-order chi connectivity index (χ1) is 14.5. The van der Waals surface area contributed by atoms with Gasteiger partial charge in [0.15, 0.2) is 6.61 Å². The van der Waals surface area contributed by atoms with Gasteiger partial charge in [-0.3, -0.25) is 4.79 Å². The summed E-state index contributed by atoms with van der Waals surface area (Å²) in [6.07, 6.45) is -0.359. The Morgan fingerprint density at radius 3 is 2.43 bits per heavy atom. The molecule has 0 saturated heterocycles. The van der Waals surface area contributed by atoms with E-state index in [1.807, 2.05) is 67.6 Å². The van der Waals surface area contributed by atoms with Gasteiger partial charge in [0, 0.05) is 12.2 Å². The molecule has 4 rings (SSSR count). The van der Waals surface area contributed by atoms with E-state index < -0.39 is 12.6 Å². The molecule has 3 aromatic carbocycles. The van der Waals surface area contributed by atoms with E-state index in [-0.39, 0.29) is 12.1 Å². The topological polar surface area (TPSA) is 78.9 Å². The first kappa shape index (κ1) is 19.5. The second-order valence-electron chi connectivity index (χ2n) is 7.26. The molecule has 0 bridgehead atoms. The van der Waals surface area contributed by atoms with Crippen LogP contribution in [-0.2, 0) is 11.3 Å². The van der Waals surface area contributed by atoms with Gasteiger partial charge < -0.3 is 20.1 Å². The number of anilines is 1. The fourth-order valence-corrected chi connectivity index (χ4v) is 3.50. The second-order valence-corrected chi connectivity index (χ2v) is 7.26. The van der Waals surface area contributed by atoms with Crippen molar-refractivity contribution in [1.29, 1.82) is 0 Å². The number of amides is 1. The van der Waals surface area contributed by atoms with Gasteiger partial charge in [0.2, 0.25) is 0 Å². The maximum absolute atomic E-state index is 13.3. The summed E-state index contributed by atoms with van der Waals surface area (Å²) in [7, 11) is 0. The maximum atomic E-state index is 13.3. The van der Waals surface area contributed by atoms with Gasteiger partial charge in [-0.1, -0.05) is 54.1 Å². The third-order valence-corrected chi connectivity index (χ3v) is 5.05. The van der Waals surface area contributed by atoms with Crippen LogP contribution in [0.3, 0.4) is 0 Å². The average Bonchev–Trinajstić information content (AvgIpc) is 2.76. The van der Waals surface area contributed by atoms with Crippen molar-refractivity contribution in [3.63, 3.8) is 0 Å². The number of aliphatic carboxylic acids is 1. The van der Waals surface area contributed by atoms with E-state index in [9.17, 15) is 9.59 Å². The van der Waals surface area contributed by atoms with E-state index in [2.05, 4.69) is 5.32 Å². The van der Waals surface area contributed by atoms with E-state index in [0.717, 1.165) is 16.8 Å². The van der Waals surface area contributed by atoms with Gasteiger partial charge in [-0.05, 0) is 42.3 Å². The van der Waals surface area contributed by atoms with Crippen LogP contribution in [0.15, 0.2) is 72.8 Å². The molecule has 0 aromatic heterocycles. The minimum atomic E-state index is -1.03. The zero-order valence-electron chi connectivity index (χ0n) is 16.5. The van der Waals surface area contributed by atoms with E-state index in [4.69, 9.17) is 9.84 Å². The quantitative estimate of drug-likeness (QED) is 0.645. The molecule has 152 valence electrons. The number of nitrogens with one attached hydrogen (secondary N) is 1. The van der Waals surface area contributed by atoms with Crippen LogP contribution in [0.4, 0.5) is 5.69 Å². The molecule has 6 heteroatoms. The number of carbonyl (C=O) groups is 2. The van der Waals surface area contributed by atoms with Gasteiger partial charge in [0.1, 0.15) is 11.9 Å². The number of hydrogen-bond acceptors (Lipinski definition) is 4. The number of benzene rings is 3. The maximum Gasteiger partial charge on any atom is 0.341 e. The summed E-state index contributed by atoms with van der Waals surface area (Å²) >= 11 is 0. The molecule has 30 heavy (non-hydrogen) atoms. The Hall–Kier alpha value is -3.80. The lowest BCUT2D eigenvalue weighted by Gasteiger charge is -2.38. The van der Waals surface area contributed by atoms with Crippen LogP contribution < -0.4 is 10.1 Å². The summed E-state index contributed by atoms with van der Waals surface area (Å²) < 4.78 is 5.22. The smallest absolute Gasteiger partial charge is 0.341 e. The number of carboxylic acids is 1. The first-order valence-electron chi connectivity index (χ1n) is 9.68. The summed E-state index contributed by atoms with van der Waals surface area (Å²) in [5, 5.41) is 12.2. The van der Waals surface area contributed by atoms with Gasteiger partial charge in [-0.15, -0.1) is 0 Å². The number of fused-ring (bicyclic) bond motifs is 1. The predicted octanol–water partition coefficient (Wildman–Crippen LogP) is 4.23. The zero-order valence-corrected chi connectivity index (χ0v) is 16.5. The van der Waals surface area contributed by atoms with Gasteiger partial charge in [0.05, 0.1) is 5.56 Å². The fourth-order valence-electron chi connectivity index (χ4n) is 3.50. The number of hydrogen-bond donors (Lipinski definition) is 2. The van der Waals surface area contributed by atoms with Crippen LogP contribution in [0.2, 0.25) is 0 Å². The number of para-hydroxylation sites is 1. The number of carbonyl (C=O) groups excluding carboxylic acids is 1. The minimum absolute atomic E-state index is 0.0406. The Labute approximate surface area is 174 Å². The van der Waals surface area contributed by atoms with Gasteiger partial charge in [0.25, 0.3) is 5.91 Å². The van der Waals surface area contributed by atoms with Crippen molar-refractivity contribution in [2.45, 2.75) is 19.6 Å². The van der Waals surface area contributed by atoms with E-state index in [1.165, 1.54) is 5.56 Å². The Kier molecular flexibility index (Phi) is 5.39. The highest BCUT2D eigenvalue weighted by Crippen LogP contribution is 2.34. The van der Waals surface area contributed by atoms with Crippen molar-refractivity contribution in [1.82, 2.24) is 4.90 Å². The predicted molar refractivity (Wildman–Crippen MR) is 113 cm³/mol. The molecule has 0 radical (unpaired) electrons. The summed E-state index contributed by atoms with van der Waals surface area (Å²) in [6.45, 7) is 2.10. The van der Waals surface area contributed by atoms with Crippen LogP contribution >= 0.6 is 0 Å². The number of carboxylic acid groups (broad SMARTS) is 1. The lowest BCUT2D eigenvalue weighted by Crippen LogP contribution is -2.42. The molecule has 1 amide bonds. The van der Waals surface area contributed by atoms with E-state index >= 15 is 0 Å². The largest absolute Gasteiger partial charge is 0.482 e. The van der Waals surface area contributed by atoms with Crippen molar-refractivity contribution < 1.29 is 19.4 Å². The summed E-state index contributed by atoms with van der Waals surface area (Å²) in [6, 6.07) is 22.7. The molecule has 0 spiro atoms. The van der Waals surface area contributed by atoms with E-state index in [1.54, 1.807) is 17.0 Å². The highest BCUT2D eigenvalue weighted by Gasteiger charge is 2.32. The molecule has 1 atom stereocenters. The molecule has 0 unspecified atom stereocenters. The SMILES string of the molecule is Cc1ccc(CN2C(=O)c3ccccc3N[C@@H]2c2ccc(OCC(=O)O)cc2)cc1. The second kappa shape index (κ2) is 8.29. The Morgan fingerprint density at radius 1 is 1.03 bits per heavy atom. The summed E-state index contributed by atoms with van der Waals surface area (Å²) in [5.41, 5.74) is 4.52. The number of rotatable bonds is 6.